The Morgan fingerprint density at radius 1 is 1.21 bits per heavy atom. The maximum atomic E-state index is 13.6. The number of anilines is 2. The van der Waals surface area contributed by atoms with Gasteiger partial charge in [-0.1, -0.05) is 12.1 Å². The molecule has 1 heterocycles. The molecule has 0 fully saturated rings. The Hall–Kier alpha value is -2.74. The number of rotatable bonds is 5. The molecule has 2 amide bonds. The number of carbonyl (C=O) groups is 2. The third-order valence-corrected chi connectivity index (χ3v) is 6.94. The molecular weight excluding hydrogens is 383 g/mol. The van der Waals surface area contributed by atoms with E-state index in [0.29, 0.717) is 13.0 Å². The molecule has 1 N–H and O–H groups in total. The fourth-order valence-electron chi connectivity index (χ4n) is 3.25. The van der Waals surface area contributed by atoms with Crippen LogP contribution in [0.2, 0.25) is 0 Å². The van der Waals surface area contributed by atoms with Gasteiger partial charge in [0.15, 0.2) is 9.84 Å². The summed E-state index contributed by atoms with van der Waals surface area (Å²) in [6, 6.07) is 10.4. The van der Waals surface area contributed by atoms with E-state index in [2.05, 4.69) is 5.32 Å². The van der Waals surface area contributed by atoms with Crippen molar-refractivity contribution in [2.75, 3.05) is 16.8 Å². The molecule has 3 rings (SSSR count). The highest BCUT2D eigenvalue weighted by atomic mass is 32.2. The fourth-order valence-corrected chi connectivity index (χ4v) is 4.65. The second-order valence-electron chi connectivity index (χ2n) is 6.80. The number of hydrogen-bond donors (Lipinski definition) is 1. The number of carbonyl (C=O) groups excluding carboxylic acids is 2. The predicted molar refractivity (Wildman–Crippen MR) is 104 cm³/mol. The van der Waals surface area contributed by atoms with Crippen LogP contribution in [-0.4, -0.2) is 32.0 Å². The molecule has 0 bridgehead atoms. The highest BCUT2D eigenvalue weighted by Gasteiger charge is 2.29. The van der Waals surface area contributed by atoms with E-state index in [1.807, 2.05) is 0 Å². The van der Waals surface area contributed by atoms with E-state index in [-0.39, 0.29) is 22.9 Å². The van der Waals surface area contributed by atoms with Crippen molar-refractivity contribution in [2.24, 2.45) is 0 Å². The van der Waals surface area contributed by atoms with Gasteiger partial charge in [-0.05, 0) is 49.2 Å². The van der Waals surface area contributed by atoms with Gasteiger partial charge in [-0.2, -0.15) is 0 Å². The Bertz CT molecular complexity index is 1040. The smallest absolute Gasteiger partial charge is 0.225 e. The molecule has 6 nitrogen and oxygen atoms in total. The summed E-state index contributed by atoms with van der Waals surface area (Å²) in [5.74, 6) is -1.25. The van der Waals surface area contributed by atoms with Crippen LogP contribution in [0.1, 0.15) is 25.8 Å². The minimum Gasteiger partial charge on any atom is -0.324 e. The molecule has 0 saturated carbocycles. The average Bonchev–Trinajstić information content (AvgIpc) is 3.07. The Morgan fingerprint density at radius 2 is 1.93 bits per heavy atom. The van der Waals surface area contributed by atoms with Gasteiger partial charge < -0.3 is 10.2 Å². The molecule has 1 aliphatic heterocycles. The Kier molecular flexibility index (Phi) is 5.51. The number of para-hydroxylation sites is 1. The molecule has 148 valence electrons. The molecule has 0 saturated heterocycles. The van der Waals surface area contributed by atoms with Crippen LogP contribution in [0, 0.1) is 5.82 Å². The van der Waals surface area contributed by atoms with Gasteiger partial charge >= 0.3 is 0 Å². The van der Waals surface area contributed by atoms with Crippen molar-refractivity contribution in [3.8, 4) is 0 Å². The first-order valence-corrected chi connectivity index (χ1v) is 10.4. The zero-order valence-electron chi connectivity index (χ0n) is 15.6. The van der Waals surface area contributed by atoms with Crippen molar-refractivity contribution < 1.29 is 22.4 Å². The molecule has 0 aliphatic carbocycles. The summed E-state index contributed by atoms with van der Waals surface area (Å²) in [5, 5.41) is 1.42. The van der Waals surface area contributed by atoms with E-state index < -0.39 is 26.8 Å². The van der Waals surface area contributed by atoms with Gasteiger partial charge in [0, 0.05) is 25.6 Å². The molecule has 1 atom stereocenters. The number of nitrogens with zero attached hydrogens (tertiary/aromatic N) is 1. The molecule has 1 aliphatic rings. The molecule has 8 heteroatoms. The van der Waals surface area contributed by atoms with Crippen LogP contribution < -0.4 is 10.2 Å². The van der Waals surface area contributed by atoms with Crippen molar-refractivity contribution in [1.82, 2.24) is 0 Å². The van der Waals surface area contributed by atoms with Crippen molar-refractivity contribution >= 4 is 33.0 Å². The van der Waals surface area contributed by atoms with E-state index in [4.69, 9.17) is 0 Å². The van der Waals surface area contributed by atoms with Crippen LogP contribution in [0.5, 0.6) is 0 Å². The average molecular weight is 404 g/mol. The quantitative estimate of drug-likeness (QED) is 0.831. The van der Waals surface area contributed by atoms with Gasteiger partial charge in [0.2, 0.25) is 11.8 Å². The Balaban J connectivity index is 1.75. The minimum atomic E-state index is -3.75. The second-order valence-corrected chi connectivity index (χ2v) is 9.17. The van der Waals surface area contributed by atoms with Gasteiger partial charge in [0.1, 0.15) is 5.82 Å². The summed E-state index contributed by atoms with van der Waals surface area (Å²) in [6.45, 7) is 3.44. The summed E-state index contributed by atoms with van der Waals surface area (Å²) >= 11 is 0. The second kappa shape index (κ2) is 7.71. The lowest BCUT2D eigenvalue weighted by molar-refractivity contribution is -0.117. The molecule has 0 radical (unpaired) electrons. The first-order valence-electron chi connectivity index (χ1n) is 8.89. The van der Waals surface area contributed by atoms with E-state index >= 15 is 0 Å². The summed E-state index contributed by atoms with van der Waals surface area (Å²) < 4.78 is 39.4. The molecule has 0 spiro atoms. The van der Waals surface area contributed by atoms with E-state index in [0.717, 1.165) is 11.3 Å². The minimum absolute atomic E-state index is 0.0129. The zero-order valence-corrected chi connectivity index (χ0v) is 16.4. The van der Waals surface area contributed by atoms with Crippen molar-refractivity contribution in [3.05, 3.63) is 53.8 Å². The molecular formula is C20H21FN2O4S. The summed E-state index contributed by atoms with van der Waals surface area (Å²) in [4.78, 5) is 25.5. The van der Waals surface area contributed by atoms with Gasteiger partial charge in [0.05, 0.1) is 15.8 Å². The van der Waals surface area contributed by atoms with Crippen LogP contribution in [0.15, 0.2) is 47.4 Å². The lowest BCUT2D eigenvalue weighted by atomic mass is 10.2. The normalized spacial score (nSPS) is 14.5. The van der Waals surface area contributed by atoms with Crippen molar-refractivity contribution in [3.63, 3.8) is 0 Å². The highest BCUT2D eigenvalue weighted by molar-refractivity contribution is 7.92. The highest BCUT2D eigenvalue weighted by Crippen LogP contribution is 2.31. The molecule has 2 aromatic rings. The van der Waals surface area contributed by atoms with Crippen LogP contribution in [0.25, 0.3) is 0 Å². The van der Waals surface area contributed by atoms with Gasteiger partial charge in [0.25, 0.3) is 0 Å². The van der Waals surface area contributed by atoms with Crippen LogP contribution in [0.4, 0.5) is 15.8 Å². The van der Waals surface area contributed by atoms with Gasteiger partial charge in [-0.3, -0.25) is 9.59 Å². The number of hydrogen-bond acceptors (Lipinski definition) is 4. The molecule has 28 heavy (non-hydrogen) atoms. The van der Waals surface area contributed by atoms with Crippen LogP contribution >= 0.6 is 0 Å². The first-order chi connectivity index (χ1) is 13.2. The lowest BCUT2D eigenvalue weighted by Crippen LogP contribution is -2.26. The fraction of sp³-hybridized carbons (Fsp3) is 0.300. The Labute approximate surface area is 163 Å². The Morgan fingerprint density at radius 3 is 2.61 bits per heavy atom. The largest absolute Gasteiger partial charge is 0.324 e. The number of fused-ring (bicyclic) bond motifs is 1. The monoisotopic (exact) mass is 404 g/mol. The third kappa shape index (κ3) is 3.91. The number of amides is 2. The topological polar surface area (TPSA) is 83.6 Å². The van der Waals surface area contributed by atoms with E-state index in [9.17, 15) is 22.4 Å². The number of halogens is 1. The maximum absolute atomic E-state index is 13.6. The number of nitrogens with one attached hydrogen (secondary N) is 1. The van der Waals surface area contributed by atoms with E-state index in [1.165, 1.54) is 38.1 Å². The van der Waals surface area contributed by atoms with Crippen molar-refractivity contribution in [1.29, 1.82) is 0 Å². The molecule has 2 aromatic carbocycles. The van der Waals surface area contributed by atoms with E-state index in [1.54, 1.807) is 23.1 Å². The molecule has 0 aromatic heterocycles. The maximum Gasteiger partial charge on any atom is 0.225 e. The lowest BCUT2D eigenvalue weighted by Gasteiger charge is -2.16. The zero-order chi connectivity index (χ0) is 20.5. The van der Waals surface area contributed by atoms with Crippen LogP contribution in [0.3, 0.4) is 0 Å². The van der Waals surface area contributed by atoms with Gasteiger partial charge in [-0.25, -0.2) is 12.8 Å². The number of benzene rings is 2. The van der Waals surface area contributed by atoms with Crippen molar-refractivity contribution in [2.45, 2.75) is 36.8 Å². The van der Waals surface area contributed by atoms with Gasteiger partial charge in [-0.15, -0.1) is 0 Å². The summed E-state index contributed by atoms with van der Waals surface area (Å²) in [5.41, 5.74) is 1.52. The third-order valence-electron chi connectivity index (χ3n) is 4.81. The predicted octanol–water partition coefficient (Wildman–Crippen LogP) is 2.93. The first kappa shape index (κ1) is 20.0. The SMILES string of the molecule is CC(=O)N1CCc2cc(S(=O)(=O)C(C)CC(=O)Nc3ccccc3F)ccc21. The summed E-state index contributed by atoms with van der Waals surface area (Å²) in [7, 11) is -3.75. The number of sulfone groups is 1. The van der Waals surface area contributed by atoms with Crippen LogP contribution in [-0.2, 0) is 25.8 Å². The molecule has 1 unspecified atom stereocenters. The summed E-state index contributed by atoms with van der Waals surface area (Å²) in [6.07, 6.45) is 0.285. The standard InChI is InChI=1S/C20H21FN2O4S/c1-13(11-20(25)22-18-6-4-3-5-17(18)21)28(26,27)16-7-8-19-15(12-16)9-10-23(19)14(2)24/h3-8,12-13H,9-11H2,1-2H3,(H,22,25).